The van der Waals surface area contributed by atoms with Gasteiger partial charge >= 0.3 is 10.1 Å². The van der Waals surface area contributed by atoms with Gasteiger partial charge in [-0.2, -0.15) is 8.42 Å². The van der Waals surface area contributed by atoms with Crippen molar-refractivity contribution in [3.63, 3.8) is 0 Å². The lowest BCUT2D eigenvalue weighted by atomic mass is 10.3. The summed E-state index contributed by atoms with van der Waals surface area (Å²) in [6, 6.07) is 6.11. The average Bonchev–Trinajstić information content (AvgIpc) is 2.03. The Morgan fingerprint density at radius 2 is 2.15 bits per heavy atom. The molecule has 0 saturated carbocycles. The van der Waals surface area contributed by atoms with Gasteiger partial charge in [-0.3, -0.25) is 0 Å². The summed E-state index contributed by atoms with van der Waals surface area (Å²) in [5.74, 6) is 0.174. The molecule has 0 atom stereocenters. The van der Waals surface area contributed by atoms with E-state index in [4.69, 9.17) is 11.6 Å². The van der Waals surface area contributed by atoms with Gasteiger partial charge in [-0.15, -0.1) is 0 Å². The van der Waals surface area contributed by atoms with Crippen molar-refractivity contribution in [2.75, 3.05) is 0 Å². The molecular formula is C8H7ClO3S. The summed E-state index contributed by atoms with van der Waals surface area (Å²) in [6.07, 6.45) is 0. The fourth-order valence-corrected chi connectivity index (χ4v) is 1.31. The minimum atomic E-state index is -3.68. The molecule has 0 unspecified atom stereocenters. The van der Waals surface area contributed by atoms with Crippen molar-refractivity contribution in [3.8, 4) is 5.75 Å². The van der Waals surface area contributed by atoms with Gasteiger partial charge in [0.05, 0.1) is 5.41 Å². The van der Waals surface area contributed by atoms with Gasteiger partial charge in [0.25, 0.3) is 0 Å². The standard InChI is InChI=1S/C8H7ClO3S/c1-2-13(10,11)12-8-5-3-4-7(9)6-8/h2-6H,1H2. The topological polar surface area (TPSA) is 43.4 Å². The van der Waals surface area contributed by atoms with Crippen molar-refractivity contribution in [1.29, 1.82) is 0 Å². The van der Waals surface area contributed by atoms with Crippen molar-refractivity contribution in [2.45, 2.75) is 0 Å². The minimum Gasteiger partial charge on any atom is -0.379 e. The number of rotatable bonds is 3. The van der Waals surface area contributed by atoms with Gasteiger partial charge in [-0.25, -0.2) is 0 Å². The van der Waals surface area contributed by atoms with Crippen LogP contribution in [0, 0.1) is 0 Å². The highest BCUT2D eigenvalue weighted by molar-refractivity contribution is 7.90. The summed E-state index contributed by atoms with van der Waals surface area (Å²) in [4.78, 5) is 0. The van der Waals surface area contributed by atoms with Crippen molar-refractivity contribution < 1.29 is 12.6 Å². The second kappa shape index (κ2) is 3.81. The largest absolute Gasteiger partial charge is 0.379 e. The van der Waals surface area contributed by atoms with E-state index in [9.17, 15) is 8.42 Å². The molecule has 1 aromatic rings. The van der Waals surface area contributed by atoms with Crippen LogP contribution in [0.15, 0.2) is 36.3 Å². The third kappa shape index (κ3) is 3.08. The average molecular weight is 219 g/mol. The smallest absolute Gasteiger partial charge is 0.331 e. The summed E-state index contributed by atoms with van der Waals surface area (Å²) in [5, 5.41) is 1.14. The lowest BCUT2D eigenvalue weighted by Crippen LogP contribution is -2.04. The summed E-state index contributed by atoms with van der Waals surface area (Å²) < 4.78 is 26.4. The van der Waals surface area contributed by atoms with E-state index in [2.05, 4.69) is 10.8 Å². The number of hydrogen-bond acceptors (Lipinski definition) is 3. The minimum absolute atomic E-state index is 0.174. The molecule has 0 aliphatic heterocycles. The number of benzene rings is 1. The Kier molecular flexibility index (Phi) is 2.95. The number of hydrogen-bond donors (Lipinski definition) is 0. The van der Waals surface area contributed by atoms with Crippen LogP contribution in [-0.4, -0.2) is 8.42 Å². The van der Waals surface area contributed by atoms with Crippen LogP contribution in [0.5, 0.6) is 5.75 Å². The predicted molar refractivity (Wildman–Crippen MR) is 51.2 cm³/mol. The highest BCUT2D eigenvalue weighted by atomic mass is 35.5. The predicted octanol–water partition coefficient (Wildman–Crippen LogP) is 2.19. The first-order valence-electron chi connectivity index (χ1n) is 3.36. The molecule has 0 fully saturated rings. The molecule has 3 nitrogen and oxygen atoms in total. The molecule has 5 heteroatoms. The summed E-state index contributed by atoms with van der Waals surface area (Å²) in [6.45, 7) is 3.11. The van der Waals surface area contributed by atoms with Gasteiger partial charge in [0.15, 0.2) is 0 Å². The van der Waals surface area contributed by atoms with Crippen LogP contribution in [0.3, 0.4) is 0 Å². The Morgan fingerprint density at radius 1 is 1.46 bits per heavy atom. The van der Waals surface area contributed by atoms with Crippen molar-refractivity contribution in [1.82, 2.24) is 0 Å². The van der Waals surface area contributed by atoms with Gasteiger partial charge in [0, 0.05) is 11.1 Å². The SMILES string of the molecule is C=CS(=O)(=O)Oc1cccc(Cl)c1. The molecular weight excluding hydrogens is 212 g/mol. The zero-order valence-electron chi connectivity index (χ0n) is 6.60. The summed E-state index contributed by atoms with van der Waals surface area (Å²) >= 11 is 5.62. The van der Waals surface area contributed by atoms with Crippen LogP contribution in [0.2, 0.25) is 5.02 Å². The summed E-state index contributed by atoms with van der Waals surface area (Å²) in [7, 11) is -3.68. The monoisotopic (exact) mass is 218 g/mol. The van der Waals surface area contributed by atoms with Crippen molar-refractivity contribution in [3.05, 3.63) is 41.3 Å². The molecule has 0 radical (unpaired) electrons. The van der Waals surface area contributed by atoms with E-state index in [1.165, 1.54) is 12.1 Å². The van der Waals surface area contributed by atoms with Gasteiger partial charge in [0.2, 0.25) is 0 Å². The molecule has 0 heterocycles. The van der Waals surface area contributed by atoms with E-state index in [1.54, 1.807) is 12.1 Å². The first kappa shape index (κ1) is 10.1. The van der Waals surface area contributed by atoms with Gasteiger partial charge in [0.1, 0.15) is 5.75 Å². The first-order chi connectivity index (χ1) is 6.03. The molecule has 70 valence electrons. The van der Waals surface area contributed by atoms with Gasteiger partial charge in [-0.1, -0.05) is 24.2 Å². The van der Waals surface area contributed by atoms with E-state index in [0.717, 1.165) is 5.41 Å². The Balaban J connectivity index is 2.93. The Hall–Kier alpha value is -1.00. The van der Waals surface area contributed by atoms with Crippen LogP contribution < -0.4 is 4.18 Å². The third-order valence-corrected chi connectivity index (χ3v) is 2.28. The molecule has 0 saturated heterocycles. The Labute approximate surface area is 81.7 Å². The fourth-order valence-electron chi connectivity index (χ4n) is 0.687. The lowest BCUT2D eigenvalue weighted by Gasteiger charge is -2.02. The zero-order chi connectivity index (χ0) is 9.90. The van der Waals surface area contributed by atoms with E-state index in [0.29, 0.717) is 5.02 Å². The van der Waals surface area contributed by atoms with Crippen LogP contribution in [-0.2, 0) is 10.1 Å². The highest BCUT2D eigenvalue weighted by Crippen LogP contribution is 2.18. The second-order valence-corrected chi connectivity index (χ2v) is 4.12. The zero-order valence-corrected chi connectivity index (χ0v) is 8.18. The Morgan fingerprint density at radius 3 is 2.69 bits per heavy atom. The molecule has 1 aromatic carbocycles. The molecule has 0 N–H and O–H groups in total. The van der Waals surface area contributed by atoms with E-state index in [-0.39, 0.29) is 5.75 Å². The lowest BCUT2D eigenvalue weighted by molar-refractivity contribution is 0.497. The first-order valence-corrected chi connectivity index (χ1v) is 5.21. The maximum atomic E-state index is 10.9. The van der Waals surface area contributed by atoms with Crippen molar-refractivity contribution >= 4 is 21.7 Å². The number of halogens is 1. The molecule has 13 heavy (non-hydrogen) atoms. The molecule has 0 amide bonds. The van der Waals surface area contributed by atoms with Gasteiger partial charge in [-0.05, 0) is 12.1 Å². The molecule has 0 aromatic heterocycles. The van der Waals surface area contributed by atoms with Crippen LogP contribution in [0.1, 0.15) is 0 Å². The highest BCUT2D eigenvalue weighted by Gasteiger charge is 2.06. The van der Waals surface area contributed by atoms with Crippen LogP contribution in [0.4, 0.5) is 0 Å². The van der Waals surface area contributed by atoms with Gasteiger partial charge < -0.3 is 4.18 Å². The molecule has 0 bridgehead atoms. The maximum absolute atomic E-state index is 10.9. The quantitative estimate of drug-likeness (QED) is 0.731. The van der Waals surface area contributed by atoms with Crippen LogP contribution in [0.25, 0.3) is 0 Å². The fraction of sp³-hybridized carbons (Fsp3) is 0. The Bertz CT molecular complexity index is 411. The van der Waals surface area contributed by atoms with Crippen molar-refractivity contribution in [2.24, 2.45) is 0 Å². The molecule has 0 spiro atoms. The molecule has 1 rings (SSSR count). The summed E-state index contributed by atoms with van der Waals surface area (Å²) in [5.41, 5.74) is 0. The maximum Gasteiger partial charge on any atom is 0.331 e. The second-order valence-electron chi connectivity index (χ2n) is 2.20. The normalized spacial score (nSPS) is 10.8. The molecule has 0 aliphatic rings. The van der Waals surface area contributed by atoms with E-state index >= 15 is 0 Å². The third-order valence-electron chi connectivity index (χ3n) is 1.21. The van der Waals surface area contributed by atoms with E-state index in [1.807, 2.05) is 0 Å². The van der Waals surface area contributed by atoms with E-state index < -0.39 is 10.1 Å². The molecule has 0 aliphatic carbocycles. The van der Waals surface area contributed by atoms with Crippen LogP contribution >= 0.6 is 11.6 Å².